The topological polar surface area (TPSA) is 89.6 Å². The first-order valence-electron chi connectivity index (χ1n) is 11.2. The van der Waals surface area contributed by atoms with Crippen molar-refractivity contribution in [2.75, 3.05) is 0 Å². The molecule has 0 aliphatic heterocycles. The molecule has 1 aromatic carbocycles. The fourth-order valence-corrected chi connectivity index (χ4v) is 6.03. The molecule has 1 saturated carbocycles. The zero-order valence-electron chi connectivity index (χ0n) is 18.7. The third kappa shape index (κ3) is 2.67. The molecule has 4 aromatic rings. The van der Waals surface area contributed by atoms with E-state index in [9.17, 15) is 13.9 Å². The number of pyridine rings is 1. The van der Waals surface area contributed by atoms with Crippen LogP contribution in [-0.2, 0) is 12.0 Å². The van der Waals surface area contributed by atoms with E-state index < -0.39 is 17.0 Å². The van der Waals surface area contributed by atoms with E-state index in [1.807, 2.05) is 18.2 Å². The van der Waals surface area contributed by atoms with E-state index in [2.05, 4.69) is 34.1 Å². The van der Waals surface area contributed by atoms with Crippen molar-refractivity contribution in [3.05, 3.63) is 83.2 Å². The van der Waals surface area contributed by atoms with Gasteiger partial charge in [0.25, 0.3) is 0 Å². The van der Waals surface area contributed by atoms with Crippen LogP contribution in [0.3, 0.4) is 0 Å². The van der Waals surface area contributed by atoms with Crippen molar-refractivity contribution in [3.63, 3.8) is 0 Å². The molecular formula is C25H22F2N6O. The van der Waals surface area contributed by atoms with Crippen LogP contribution in [0.25, 0.3) is 17.1 Å². The minimum atomic E-state index is -0.657. The molecule has 0 radical (unpaired) electrons. The molecule has 1 fully saturated rings. The molecule has 6 rings (SSSR count). The summed E-state index contributed by atoms with van der Waals surface area (Å²) in [6.45, 7) is 4.14. The second kappa shape index (κ2) is 7.20. The summed E-state index contributed by atoms with van der Waals surface area (Å²) >= 11 is 0. The van der Waals surface area contributed by atoms with Gasteiger partial charge in [0.15, 0.2) is 11.6 Å². The minimum Gasteiger partial charge on any atom is -0.388 e. The van der Waals surface area contributed by atoms with E-state index in [-0.39, 0.29) is 29.2 Å². The number of hydrogen-bond donors (Lipinski definition) is 1. The molecule has 9 heteroatoms. The van der Waals surface area contributed by atoms with Gasteiger partial charge < -0.3 is 5.11 Å². The lowest BCUT2D eigenvalue weighted by molar-refractivity contribution is 0.242. The smallest absolute Gasteiger partial charge is 0.176 e. The van der Waals surface area contributed by atoms with Crippen LogP contribution in [-0.4, -0.2) is 35.1 Å². The third-order valence-corrected chi connectivity index (χ3v) is 7.69. The van der Waals surface area contributed by atoms with Crippen molar-refractivity contribution in [2.45, 2.75) is 44.6 Å². The maximum absolute atomic E-state index is 14.5. The number of rotatable bonds is 4. The summed E-state index contributed by atoms with van der Waals surface area (Å²) in [6, 6.07) is 11.3. The fraction of sp³-hybridized carbons (Fsp3) is 0.320. The van der Waals surface area contributed by atoms with Gasteiger partial charge in [-0.15, -0.1) is 10.2 Å². The molecule has 2 bridgehead atoms. The molecule has 0 saturated heterocycles. The van der Waals surface area contributed by atoms with Crippen molar-refractivity contribution in [3.8, 4) is 17.1 Å². The maximum atomic E-state index is 14.5. The molecule has 0 amide bonds. The van der Waals surface area contributed by atoms with Crippen LogP contribution in [0, 0.1) is 17.0 Å². The molecular weight excluding hydrogens is 438 g/mol. The van der Waals surface area contributed by atoms with E-state index in [4.69, 9.17) is 4.98 Å². The normalized spacial score (nSPS) is 22.2. The first-order valence-corrected chi connectivity index (χ1v) is 11.2. The van der Waals surface area contributed by atoms with Crippen molar-refractivity contribution < 1.29 is 13.9 Å². The summed E-state index contributed by atoms with van der Waals surface area (Å²) in [5.41, 5.74) is 1.94. The predicted octanol–water partition coefficient (Wildman–Crippen LogP) is 4.09. The molecule has 2 atom stereocenters. The van der Waals surface area contributed by atoms with E-state index in [1.54, 1.807) is 6.07 Å². The van der Waals surface area contributed by atoms with E-state index in [0.29, 0.717) is 11.6 Å². The second-order valence-corrected chi connectivity index (χ2v) is 9.49. The quantitative estimate of drug-likeness (QED) is 0.493. The van der Waals surface area contributed by atoms with Gasteiger partial charge in [0.1, 0.15) is 24.6 Å². The molecule has 172 valence electrons. The molecule has 34 heavy (non-hydrogen) atoms. The highest BCUT2D eigenvalue weighted by Gasteiger charge is 2.65. The molecule has 2 aliphatic carbocycles. The van der Waals surface area contributed by atoms with Gasteiger partial charge in [-0.25, -0.2) is 23.4 Å². The van der Waals surface area contributed by atoms with Crippen LogP contribution < -0.4 is 0 Å². The summed E-state index contributed by atoms with van der Waals surface area (Å²) in [5.74, 6) is -0.252. The van der Waals surface area contributed by atoms with Gasteiger partial charge in [0.2, 0.25) is 0 Å². The first-order chi connectivity index (χ1) is 16.4. The number of aliphatic hydroxyl groups excluding tert-OH is 1. The Morgan fingerprint density at radius 3 is 2.59 bits per heavy atom. The van der Waals surface area contributed by atoms with Gasteiger partial charge in [0, 0.05) is 0 Å². The zero-order chi connectivity index (χ0) is 23.7. The van der Waals surface area contributed by atoms with Crippen LogP contribution in [0.1, 0.15) is 55.4 Å². The third-order valence-electron chi connectivity index (χ3n) is 7.69. The Bertz CT molecular complexity index is 1410. The minimum absolute atomic E-state index is 0.154. The number of hydrogen-bond acceptors (Lipinski definition) is 6. The Hall–Kier alpha value is -3.59. The van der Waals surface area contributed by atoms with Crippen LogP contribution >= 0.6 is 0 Å². The van der Waals surface area contributed by atoms with Crippen LogP contribution in [0.4, 0.5) is 8.78 Å². The summed E-state index contributed by atoms with van der Waals surface area (Å²) < 4.78 is 30.4. The SMILES string of the molecule is CC1(C)[C@H]2CC[C@]1(c1cccc(-n3cnc(CO)n3)n1)c1nnc(-c3c(F)cccc3F)cc12. The van der Waals surface area contributed by atoms with Crippen LogP contribution in [0.2, 0.25) is 0 Å². The summed E-state index contributed by atoms with van der Waals surface area (Å²) in [7, 11) is 0. The Labute approximate surface area is 194 Å². The summed E-state index contributed by atoms with van der Waals surface area (Å²) in [5, 5.41) is 22.4. The van der Waals surface area contributed by atoms with Crippen LogP contribution in [0.5, 0.6) is 0 Å². The molecule has 0 unspecified atom stereocenters. The van der Waals surface area contributed by atoms with Gasteiger partial charge in [-0.1, -0.05) is 26.0 Å². The lowest BCUT2D eigenvalue weighted by Crippen LogP contribution is -2.38. The van der Waals surface area contributed by atoms with Crippen molar-refractivity contribution >= 4 is 0 Å². The van der Waals surface area contributed by atoms with Crippen molar-refractivity contribution in [1.29, 1.82) is 0 Å². The molecule has 1 N–H and O–H groups in total. The molecule has 2 aliphatic rings. The van der Waals surface area contributed by atoms with E-state index in [1.165, 1.54) is 29.2 Å². The number of aliphatic hydroxyl groups is 1. The van der Waals surface area contributed by atoms with E-state index in [0.717, 1.165) is 29.8 Å². The average Bonchev–Trinajstić information content (AvgIpc) is 3.47. The molecule has 3 aromatic heterocycles. The van der Waals surface area contributed by atoms with Crippen molar-refractivity contribution in [2.24, 2.45) is 5.41 Å². The number of nitrogens with zero attached hydrogens (tertiary/aromatic N) is 6. The predicted molar refractivity (Wildman–Crippen MR) is 119 cm³/mol. The highest BCUT2D eigenvalue weighted by atomic mass is 19.1. The Morgan fingerprint density at radius 1 is 1.09 bits per heavy atom. The number of fused-ring (bicyclic) bond motifs is 5. The number of aromatic nitrogens is 6. The fourth-order valence-electron chi connectivity index (χ4n) is 6.03. The van der Waals surface area contributed by atoms with Crippen LogP contribution in [0.15, 0.2) is 48.8 Å². The molecule has 3 heterocycles. The highest BCUT2D eigenvalue weighted by Crippen LogP contribution is 2.69. The van der Waals surface area contributed by atoms with Gasteiger partial charge in [-0.05, 0) is 60.1 Å². The van der Waals surface area contributed by atoms with Gasteiger partial charge in [-0.3, -0.25) is 0 Å². The first kappa shape index (κ1) is 21.0. The van der Waals surface area contributed by atoms with Crippen molar-refractivity contribution in [1.82, 2.24) is 29.9 Å². The number of halogens is 2. The van der Waals surface area contributed by atoms with Gasteiger partial charge in [0.05, 0.1) is 28.1 Å². The highest BCUT2D eigenvalue weighted by molar-refractivity contribution is 5.64. The standard InChI is InChI=1S/C25H22F2N6O/c1-24(2)15-9-10-25(24,19-7-4-8-21(29-19)33-13-28-20(12-34)32-33)23-14(15)11-18(30-31-23)22-16(26)5-3-6-17(22)27/h3-8,11,13,15,34H,9-10,12H2,1-2H3/t15-,25-/m0/s1. The number of benzene rings is 1. The summed E-state index contributed by atoms with van der Waals surface area (Å²) in [4.78, 5) is 9.02. The lowest BCUT2D eigenvalue weighted by Gasteiger charge is -2.37. The Kier molecular flexibility index (Phi) is 4.44. The molecule has 7 nitrogen and oxygen atoms in total. The summed E-state index contributed by atoms with van der Waals surface area (Å²) in [6.07, 6.45) is 3.28. The second-order valence-electron chi connectivity index (χ2n) is 9.49. The zero-order valence-corrected chi connectivity index (χ0v) is 18.7. The molecule has 0 spiro atoms. The largest absolute Gasteiger partial charge is 0.388 e. The van der Waals surface area contributed by atoms with E-state index >= 15 is 0 Å². The van der Waals surface area contributed by atoms with Gasteiger partial charge >= 0.3 is 0 Å². The van der Waals surface area contributed by atoms with Gasteiger partial charge in [-0.2, -0.15) is 5.10 Å². The lowest BCUT2D eigenvalue weighted by atomic mass is 9.66. The Balaban J connectivity index is 1.51. The monoisotopic (exact) mass is 460 g/mol. The average molecular weight is 460 g/mol. The maximum Gasteiger partial charge on any atom is 0.176 e. The Morgan fingerprint density at radius 2 is 1.85 bits per heavy atom.